The zero-order chi connectivity index (χ0) is 13.9. The van der Waals surface area contributed by atoms with Gasteiger partial charge >= 0.3 is 0 Å². The van der Waals surface area contributed by atoms with E-state index in [-0.39, 0.29) is 0 Å². The predicted molar refractivity (Wildman–Crippen MR) is 87.6 cm³/mol. The van der Waals surface area contributed by atoms with E-state index in [4.69, 9.17) is 11.6 Å². The third kappa shape index (κ3) is 3.38. The number of halogens is 1. The van der Waals surface area contributed by atoms with Crippen molar-refractivity contribution in [2.24, 2.45) is 0 Å². The zero-order valence-electron chi connectivity index (χ0n) is 12.3. The Hall–Kier alpha value is -0.0900. The first-order valence-corrected chi connectivity index (χ1v) is 9.19. The molecule has 1 aromatic heterocycles. The molecule has 1 N–H and O–H groups in total. The van der Waals surface area contributed by atoms with Crippen LogP contribution >= 0.6 is 22.9 Å². The fourth-order valence-corrected chi connectivity index (χ4v) is 4.96. The molecule has 2 bridgehead atoms. The molecule has 3 heterocycles. The van der Waals surface area contributed by atoms with Crippen molar-refractivity contribution in [3.63, 3.8) is 0 Å². The van der Waals surface area contributed by atoms with Crippen LogP contribution in [0, 0.1) is 0 Å². The second-order valence-corrected chi connectivity index (χ2v) is 8.04. The van der Waals surface area contributed by atoms with Crippen LogP contribution in [0.1, 0.15) is 50.3 Å². The highest BCUT2D eigenvalue weighted by molar-refractivity contribution is 7.16. The predicted octanol–water partition coefficient (Wildman–Crippen LogP) is 4.29. The van der Waals surface area contributed by atoms with Crippen molar-refractivity contribution < 1.29 is 0 Å². The molecule has 2 saturated heterocycles. The molecule has 0 spiro atoms. The summed E-state index contributed by atoms with van der Waals surface area (Å²) in [5, 5.41) is 3.74. The van der Waals surface area contributed by atoms with Crippen molar-refractivity contribution in [2.45, 2.75) is 70.1 Å². The Kier molecular flexibility index (Phi) is 5.03. The van der Waals surface area contributed by atoms with Crippen LogP contribution in [0.5, 0.6) is 0 Å². The number of rotatable bonds is 5. The Morgan fingerprint density at radius 1 is 1.30 bits per heavy atom. The lowest BCUT2D eigenvalue weighted by molar-refractivity contribution is 0.0185. The number of fused-ring (bicyclic) bond motifs is 2. The number of hydrogen-bond donors (Lipinski definition) is 1. The topological polar surface area (TPSA) is 15.3 Å². The first-order valence-electron chi connectivity index (χ1n) is 7.99. The van der Waals surface area contributed by atoms with Crippen molar-refractivity contribution in [3.8, 4) is 0 Å². The fourth-order valence-electron chi connectivity index (χ4n) is 3.87. The van der Waals surface area contributed by atoms with Crippen molar-refractivity contribution in [1.82, 2.24) is 10.2 Å². The van der Waals surface area contributed by atoms with Crippen LogP contribution in [0.3, 0.4) is 0 Å². The first kappa shape index (κ1) is 14.8. The van der Waals surface area contributed by atoms with Gasteiger partial charge in [-0.2, -0.15) is 0 Å². The second-order valence-electron chi connectivity index (χ2n) is 6.24. The summed E-state index contributed by atoms with van der Waals surface area (Å²) in [6.45, 7) is 4.53. The van der Waals surface area contributed by atoms with Gasteiger partial charge in [-0.25, -0.2) is 0 Å². The van der Waals surface area contributed by atoms with Gasteiger partial charge < -0.3 is 5.32 Å². The van der Waals surface area contributed by atoms with Crippen LogP contribution in [-0.4, -0.2) is 29.6 Å². The Morgan fingerprint density at radius 3 is 2.65 bits per heavy atom. The van der Waals surface area contributed by atoms with E-state index in [1.807, 2.05) is 6.07 Å². The molecule has 20 heavy (non-hydrogen) atoms. The highest BCUT2D eigenvalue weighted by Crippen LogP contribution is 2.36. The fraction of sp³-hybridized carbons (Fsp3) is 0.750. The third-order valence-electron chi connectivity index (χ3n) is 4.78. The molecular formula is C16H25ClN2S. The number of hydrogen-bond acceptors (Lipinski definition) is 3. The van der Waals surface area contributed by atoms with Crippen molar-refractivity contribution in [1.29, 1.82) is 0 Å². The van der Waals surface area contributed by atoms with E-state index < -0.39 is 0 Å². The molecule has 0 radical (unpaired) electrons. The quantitative estimate of drug-likeness (QED) is 0.872. The molecule has 2 unspecified atom stereocenters. The second kappa shape index (κ2) is 6.78. The minimum atomic E-state index is 0.744. The molecule has 1 aromatic rings. The Labute approximate surface area is 131 Å². The van der Waals surface area contributed by atoms with E-state index in [1.165, 1.54) is 49.9 Å². The largest absolute Gasteiger partial charge is 0.314 e. The third-order valence-corrected chi connectivity index (χ3v) is 5.99. The summed E-state index contributed by atoms with van der Waals surface area (Å²) in [5.74, 6) is 0. The lowest BCUT2D eigenvalue weighted by Gasteiger charge is -2.49. The highest BCUT2D eigenvalue weighted by Gasteiger charge is 2.37. The van der Waals surface area contributed by atoms with Crippen LogP contribution in [0.4, 0.5) is 0 Å². The van der Waals surface area contributed by atoms with Gasteiger partial charge in [-0.15, -0.1) is 11.3 Å². The monoisotopic (exact) mass is 312 g/mol. The van der Waals surface area contributed by atoms with E-state index in [1.54, 1.807) is 11.3 Å². The van der Waals surface area contributed by atoms with E-state index in [2.05, 4.69) is 23.2 Å². The summed E-state index contributed by atoms with van der Waals surface area (Å²) in [4.78, 5) is 4.18. The number of nitrogens with zero attached hydrogens (tertiary/aromatic N) is 1. The lowest BCUT2D eigenvalue weighted by atomic mass is 9.81. The van der Waals surface area contributed by atoms with E-state index in [0.717, 1.165) is 29.0 Å². The van der Waals surface area contributed by atoms with Crippen molar-refractivity contribution in [2.75, 3.05) is 6.54 Å². The summed E-state index contributed by atoms with van der Waals surface area (Å²) in [6, 6.07) is 6.53. The van der Waals surface area contributed by atoms with Gasteiger partial charge in [0.05, 0.1) is 4.34 Å². The maximum Gasteiger partial charge on any atom is 0.0931 e. The molecule has 0 aromatic carbocycles. The van der Waals surface area contributed by atoms with Crippen molar-refractivity contribution in [3.05, 3.63) is 21.3 Å². The van der Waals surface area contributed by atoms with Gasteiger partial charge in [-0.05, 0) is 50.8 Å². The first-order chi connectivity index (χ1) is 9.76. The maximum atomic E-state index is 6.07. The molecule has 3 rings (SSSR count). The minimum absolute atomic E-state index is 0.744. The average molecular weight is 313 g/mol. The minimum Gasteiger partial charge on any atom is -0.314 e. The molecule has 2 aliphatic rings. The normalized spacial score (nSPS) is 30.6. The molecule has 2 fully saturated rings. The Balaban J connectivity index is 1.64. The molecule has 0 saturated carbocycles. The standard InChI is InChI=1S/C16H25ClN2S/c1-2-8-18-12-9-13-4-3-5-14(10-12)19(13)11-15-6-7-16(17)20-15/h6-7,12-14,18H,2-5,8-11H2,1H3. The van der Waals surface area contributed by atoms with Gasteiger partial charge in [-0.1, -0.05) is 24.9 Å². The molecule has 0 amide bonds. The van der Waals surface area contributed by atoms with Crippen LogP contribution in [0.15, 0.2) is 12.1 Å². The zero-order valence-corrected chi connectivity index (χ0v) is 13.8. The molecule has 2 aliphatic heterocycles. The highest BCUT2D eigenvalue weighted by atomic mass is 35.5. The van der Waals surface area contributed by atoms with Crippen LogP contribution in [0.2, 0.25) is 4.34 Å². The van der Waals surface area contributed by atoms with Crippen molar-refractivity contribution >= 4 is 22.9 Å². The molecule has 4 heteroatoms. The molecular weight excluding hydrogens is 288 g/mol. The van der Waals surface area contributed by atoms with Crippen LogP contribution in [0.25, 0.3) is 0 Å². The average Bonchev–Trinajstić information content (AvgIpc) is 2.82. The lowest BCUT2D eigenvalue weighted by Crippen LogP contribution is -2.55. The summed E-state index contributed by atoms with van der Waals surface area (Å²) in [6.07, 6.45) is 8.06. The summed E-state index contributed by atoms with van der Waals surface area (Å²) >= 11 is 7.81. The van der Waals surface area contributed by atoms with Crippen LogP contribution in [-0.2, 0) is 6.54 Å². The summed E-state index contributed by atoms with van der Waals surface area (Å²) in [7, 11) is 0. The molecule has 112 valence electrons. The summed E-state index contributed by atoms with van der Waals surface area (Å²) < 4.78 is 0.921. The molecule has 2 atom stereocenters. The van der Waals surface area contributed by atoms with Gasteiger partial charge in [0.2, 0.25) is 0 Å². The maximum absolute atomic E-state index is 6.07. The SMILES string of the molecule is CCCNC1CC2CCCC(C1)N2Cc1ccc(Cl)s1. The Morgan fingerprint density at radius 2 is 2.05 bits per heavy atom. The number of nitrogens with one attached hydrogen (secondary N) is 1. The van der Waals surface area contributed by atoms with Gasteiger partial charge in [-0.3, -0.25) is 4.90 Å². The molecule has 0 aliphatic carbocycles. The van der Waals surface area contributed by atoms with Gasteiger partial charge in [0, 0.05) is 29.5 Å². The van der Waals surface area contributed by atoms with E-state index in [9.17, 15) is 0 Å². The summed E-state index contributed by atoms with van der Waals surface area (Å²) in [5.41, 5.74) is 0. The Bertz CT molecular complexity index is 420. The van der Waals surface area contributed by atoms with Gasteiger partial charge in [0.15, 0.2) is 0 Å². The van der Waals surface area contributed by atoms with Crippen LogP contribution < -0.4 is 5.32 Å². The number of thiophene rings is 1. The number of piperidine rings is 2. The van der Waals surface area contributed by atoms with E-state index in [0.29, 0.717) is 0 Å². The van der Waals surface area contributed by atoms with E-state index >= 15 is 0 Å². The van der Waals surface area contributed by atoms with Gasteiger partial charge in [0.25, 0.3) is 0 Å². The van der Waals surface area contributed by atoms with Gasteiger partial charge in [0.1, 0.15) is 0 Å². The molecule has 2 nitrogen and oxygen atoms in total. The smallest absolute Gasteiger partial charge is 0.0931 e.